The highest BCUT2D eigenvalue weighted by Gasteiger charge is 2.42. The summed E-state index contributed by atoms with van der Waals surface area (Å²) in [4.78, 5) is 29.0. The van der Waals surface area contributed by atoms with E-state index in [-0.39, 0.29) is 17.9 Å². The number of nitrogens with zero attached hydrogens (tertiary/aromatic N) is 2. The molecule has 1 unspecified atom stereocenters. The fraction of sp³-hybridized carbons (Fsp3) is 0.0370. The molecule has 0 spiro atoms. The number of carbonyl (C=O) groups is 2. The average Bonchev–Trinajstić information content (AvgIpc) is 3.46. The van der Waals surface area contributed by atoms with Crippen molar-refractivity contribution in [1.82, 2.24) is 9.88 Å². The monoisotopic (exact) mass is 413 g/mol. The molecule has 0 bridgehead atoms. The molecule has 0 radical (unpaired) electrons. The van der Waals surface area contributed by atoms with E-state index in [1.165, 1.54) is 0 Å². The highest BCUT2D eigenvalue weighted by molar-refractivity contribution is 6.28. The Bertz CT molecular complexity index is 1800. The van der Waals surface area contributed by atoms with Crippen LogP contribution in [-0.2, 0) is 0 Å². The lowest BCUT2D eigenvalue weighted by Gasteiger charge is -2.26. The van der Waals surface area contributed by atoms with Crippen LogP contribution in [0.25, 0.3) is 39.3 Å². The van der Waals surface area contributed by atoms with Gasteiger partial charge in [0.25, 0.3) is 11.8 Å². The van der Waals surface area contributed by atoms with Crippen LogP contribution in [0.5, 0.6) is 0 Å². The maximum Gasteiger partial charge on any atom is 0.261 e. The van der Waals surface area contributed by atoms with Gasteiger partial charge in [0, 0.05) is 27.4 Å². The zero-order chi connectivity index (χ0) is 21.1. The molecule has 5 nitrogen and oxygen atoms in total. The van der Waals surface area contributed by atoms with Crippen LogP contribution in [0.1, 0.15) is 20.7 Å². The number of nitrogens with one attached hydrogen (secondary N) is 1. The lowest BCUT2D eigenvalue weighted by Crippen LogP contribution is -2.38. The zero-order valence-corrected chi connectivity index (χ0v) is 16.8. The fourth-order valence-corrected chi connectivity index (χ4v) is 5.92. The molecular weight excluding hydrogens is 398 g/mol. The summed E-state index contributed by atoms with van der Waals surface area (Å²) in [6, 6.07) is 15.7. The van der Waals surface area contributed by atoms with Crippen LogP contribution >= 0.6 is 0 Å². The summed E-state index contributed by atoms with van der Waals surface area (Å²) in [6.07, 6.45) is 9.93. The molecule has 4 aromatic rings. The van der Waals surface area contributed by atoms with E-state index in [1.807, 2.05) is 53.5 Å². The van der Waals surface area contributed by atoms with E-state index in [9.17, 15) is 9.59 Å². The van der Waals surface area contributed by atoms with Crippen LogP contribution in [0.4, 0.5) is 5.69 Å². The third-order valence-electron chi connectivity index (χ3n) is 7.10. The highest BCUT2D eigenvalue weighted by Crippen LogP contribution is 2.44. The van der Waals surface area contributed by atoms with Crippen LogP contribution in [0, 0.1) is 0 Å². The first kappa shape index (κ1) is 16.3. The van der Waals surface area contributed by atoms with Gasteiger partial charge in [-0.3, -0.25) is 14.5 Å². The lowest BCUT2D eigenvalue weighted by molar-refractivity contribution is 0.0976. The number of para-hydroxylation sites is 2. The molecule has 4 aliphatic rings. The number of aromatic nitrogens is 1. The number of hydrogen-bond acceptors (Lipinski definition) is 2. The summed E-state index contributed by atoms with van der Waals surface area (Å²) in [5.74, 6) is -0.117. The van der Waals surface area contributed by atoms with Crippen LogP contribution < -0.4 is 20.7 Å². The van der Waals surface area contributed by atoms with Crippen molar-refractivity contribution in [1.29, 1.82) is 0 Å². The zero-order valence-electron chi connectivity index (χ0n) is 16.8. The second-order valence-corrected chi connectivity index (χ2v) is 8.54. The SMILES string of the molecule is O=C1NC=c2c1c1c3ccccc3n3c1c1c2=C2C=CC=CC2N1C(=O)c1ccccc1-3. The molecule has 1 N–H and O–H groups in total. The summed E-state index contributed by atoms with van der Waals surface area (Å²) in [7, 11) is 0. The summed E-state index contributed by atoms with van der Waals surface area (Å²) in [6.45, 7) is 0. The molecule has 1 aliphatic carbocycles. The predicted octanol–water partition coefficient (Wildman–Crippen LogP) is 2.88. The minimum Gasteiger partial charge on any atom is -0.328 e. The Morgan fingerprint density at radius 1 is 0.938 bits per heavy atom. The number of amides is 2. The Labute approximate surface area is 181 Å². The van der Waals surface area contributed by atoms with Gasteiger partial charge in [0.05, 0.1) is 39.6 Å². The molecule has 1 aromatic heterocycles. The molecule has 2 amide bonds. The van der Waals surface area contributed by atoms with Gasteiger partial charge in [-0.1, -0.05) is 54.6 Å². The van der Waals surface area contributed by atoms with E-state index in [2.05, 4.69) is 34.2 Å². The number of hydrogen-bond donors (Lipinski definition) is 1. The third kappa shape index (κ3) is 1.63. The van der Waals surface area contributed by atoms with Crippen LogP contribution in [0.3, 0.4) is 0 Å². The Hall–Kier alpha value is -4.38. The largest absolute Gasteiger partial charge is 0.328 e. The van der Waals surface area contributed by atoms with Crippen molar-refractivity contribution in [2.75, 3.05) is 4.90 Å². The summed E-state index contributed by atoms with van der Waals surface area (Å²) in [5.41, 5.74) is 6.06. The topological polar surface area (TPSA) is 54.3 Å². The maximum absolute atomic E-state index is 14.0. The molecule has 0 fully saturated rings. The van der Waals surface area contributed by atoms with Crippen LogP contribution in [0.15, 0.2) is 72.8 Å². The van der Waals surface area contributed by atoms with Gasteiger partial charge < -0.3 is 9.88 Å². The van der Waals surface area contributed by atoms with E-state index in [0.717, 1.165) is 49.2 Å². The summed E-state index contributed by atoms with van der Waals surface area (Å²) < 4.78 is 2.17. The average molecular weight is 413 g/mol. The smallest absolute Gasteiger partial charge is 0.261 e. The van der Waals surface area contributed by atoms with Crippen LogP contribution in [-0.4, -0.2) is 22.4 Å². The molecular formula is C27H15N3O2. The summed E-state index contributed by atoms with van der Waals surface area (Å²) >= 11 is 0. The molecule has 8 rings (SSSR count). The van der Waals surface area contributed by atoms with E-state index < -0.39 is 0 Å². The predicted molar refractivity (Wildman–Crippen MR) is 124 cm³/mol. The molecule has 3 aliphatic heterocycles. The minimum atomic E-state index is -0.195. The minimum absolute atomic E-state index is 0.0203. The molecule has 3 aromatic carbocycles. The molecule has 150 valence electrons. The fourth-order valence-electron chi connectivity index (χ4n) is 5.92. The number of fused-ring (bicyclic) bond motifs is 10. The van der Waals surface area contributed by atoms with Crippen molar-refractivity contribution in [3.63, 3.8) is 0 Å². The molecule has 32 heavy (non-hydrogen) atoms. The lowest BCUT2D eigenvalue weighted by atomic mass is 9.98. The van der Waals surface area contributed by atoms with Gasteiger partial charge >= 0.3 is 0 Å². The van der Waals surface area contributed by atoms with Crippen molar-refractivity contribution in [2.45, 2.75) is 6.04 Å². The van der Waals surface area contributed by atoms with Gasteiger partial charge in [-0.15, -0.1) is 0 Å². The molecule has 1 atom stereocenters. The molecule has 0 saturated heterocycles. The number of benzene rings is 3. The number of rotatable bonds is 0. The van der Waals surface area contributed by atoms with E-state index >= 15 is 0 Å². The van der Waals surface area contributed by atoms with E-state index in [4.69, 9.17) is 0 Å². The standard InChI is InChI=1S/C27H15N3O2/c31-26-23-17(13-28-26)21-14-7-1-5-11-19(14)30-24(21)25-22(23)15-8-2-4-10-18(15)29(25)20-12-6-3-9-16(20)27(30)32/h1-13,19H,(H,28,31). The van der Waals surface area contributed by atoms with Gasteiger partial charge in [-0.2, -0.15) is 0 Å². The number of allylic oxidation sites excluding steroid dienone is 2. The second-order valence-electron chi connectivity index (χ2n) is 8.54. The second kappa shape index (κ2) is 5.26. The van der Waals surface area contributed by atoms with Gasteiger partial charge in [-0.25, -0.2) is 0 Å². The highest BCUT2D eigenvalue weighted by atomic mass is 16.2. The third-order valence-corrected chi connectivity index (χ3v) is 7.10. The van der Waals surface area contributed by atoms with Gasteiger partial charge in [0.15, 0.2) is 0 Å². The molecule has 5 heteroatoms. The molecule has 0 saturated carbocycles. The maximum atomic E-state index is 14.0. The Morgan fingerprint density at radius 3 is 2.72 bits per heavy atom. The van der Waals surface area contributed by atoms with Gasteiger partial charge in [0.1, 0.15) is 0 Å². The van der Waals surface area contributed by atoms with E-state index in [1.54, 1.807) is 6.20 Å². The number of carbonyl (C=O) groups excluding carboxylic acids is 2. The van der Waals surface area contributed by atoms with Crippen molar-refractivity contribution in [2.24, 2.45) is 0 Å². The van der Waals surface area contributed by atoms with Crippen molar-refractivity contribution < 1.29 is 9.59 Å². The van der Waals surface area contributed by atoms with Crippen molar-refractivity contribution >= 4 is 51.1 Å². The Morgan fingerprint density at radius 2 is 1.78 bits per heavy atom. The molecule has 4 heterocycles. The first-order chi connectivity index (χ1) is 15.8. The van der Waals surface area contributed by atoms with Crippen molar-refractivity contribution in [3.8, 4) is 5.69 Å². The number of anilines is 1. The Kier molecular flexibility index (Phi) is 2.69. The normalized spacial score (nSPS) is 19.2. The van der Waals surface area contributed by atoms with Crippen molar-refractivity contribution in [3.05, 3.63) is 94.4 Å². The van der Waals surface area contributed by atoms with E-state index in [0.29, 0.717) is 11.1 Å². The van der Waals surface area contributed by atoms with Crippen LogP contribution in [0.2, 0.25) is 0 Å². The summed E-state index contributed by atoms with van der Waals surface area (Å²) in [5, 5.41) is 6.70. The van der Waals surface area contributed by atoms with Gasteiger partial charge in [-0.05, 0) is 23.8 Å². The first-order valence-corrected chi connectivity index (χ1v) is 10.7. The van der Waals surface area contributed by atoms with Gasteiger partial charge in [0.2, 0.25) is 0 Å². The Balaban J connectivity index is 1.77. The quantitative estimate of drug-likeness (QED) is 0.482. The first-order valence-electron chi connectivity index (χ1n) is 10.7.